The van der Waals surface area contributed by atoms with Crippen LogP contribution in [-0.2, 0) is 4.79 Å². The largest absolute Gasteiger partial charge is 0.368 e. The predicted octanol–water partition coefficient (Wildman–Crippen LogP) is 2.30. The molecule has 2 aliphatic heterocycles. The van der Waals surface area contributed by atoms with Gasteiger partial charge in [0.2, 0.25) is 11.9 Å². The number of aromatic nitrogens is 2. The Morgan fingerprint density at radius 1 is 1.30 bits per heavy atom. The molecule has 0 spiro atoms. The van der Waals surface area contributed by atoms with Crippen LogP contribution >= 0.6 is 11.6 Å². The number of anilines is 1. The number of carbonyl (C=O) groups is 1. The second kappa shape index (κ2) is 7.80. The summed E-state index contributed by atoms with van der Waals surface area (Å²) in [5, 5.41) is 0.646. The zero-order valence-corrected chi connectivity index (χ0v) is 15.7. The van der Waals surface area contributed by atoms with Crippen LogP contribution in [0.3, 0.4) is 0 Å². The molecule has 4 rings (SSSR count). The van der Waals surface area contributed by atoms with Crippen molar-refractivity contribution in [2.45, 2.75) is 37.8 Å². The van der Waals surface area contributed by atoms with E-state index in [0.717, 1.165) is 55.6 Å². The molecule has 0 saturated carbocycles. The third kappa shape index (κ3) is 3.76. The molecule has 2 atom stereocenters. The molecule has 2 aromatic rings. The number of benzene rings is 1. The third-order valence-corrected chi connectivity index (χ3v) is 5.44. The Morgan fingerprint density at radius 2 is 2.19 bits per heavy atom. The van der Waals surface area contributed by atoms with Crippen LogP contribution in [-0.4, -0.2) is 39.9 Å². The molecular weight excluding hydrogens is 364 g/mol. The van der Waals surface area contributed by atoms with E-state index in [4.69, 9.17) is 17.3 Å². The van der Waals surface area contributed by atoms with Gasteiger partial charge in [-0.2, -0.15) is 0 Å². The molecule has 2 fully saturated rings. The van der Waals surface area contributed by atoms with E-state index in [1.54, 1.807) is 6.20 Å². The van der Waals surface area contributed by atoms with Gasteiger partial charge in [0.05, 0.1) is 11.7 Å². The number of hydrogen-bond acceptors (Lipinski definition) is 6. The van der Waals surface area contributed by atoms with E-state index in [-0.39, 0.29) is 23.9 Å². The lowest BCUT2D eigenvalue weighted by Gasteiger charge is -2.37. The highest BCUT2D eigenvalue weighted by Crippen LogP contribution is 2.37. The molecule has 0 radical (unpaired) electrons. The van der Waals surface area contributed by atoms with Crippen molar-refractivity contribution in [3.63, 3.8) is 0 Å². The van der Waals surface area contributed by atoms with Gasteiger partial charge in [0.25, 0.3) is 0 Å². The van der Waals surface area contributed by atoms with Gasteiger partial charge in [-0.15, -0.1) is 0 Å². The SMILES string of the molecule is Nc1ncc(-c2cccc(Cl)c2)c(C2CCCCN2C(=O)C2CCNN2)n1. The van der Waals surface area contributed by atoms with Gasteiger partial charge in [0.1, 0.15) is 6.04 Å². The Hall–Kier alpha value is -2.22. The lowest BCUT2D eigenvalue weighted by molar-refractivity contribution is -0.137. The standard InChI is InChI=1S/C19H23ClN6O/c20-13-5-3-4-12(10-13)14-11-22-19(21)24-17(14)16-6-1-2-9-26(16)18(27)15-7-8-23-25-15/h3-5,10-11,15-16,23,25H,1-2,6-9H2,(H2,21,22,24). The monoisotopic (exact) mass is 386 g/mol. The lowest BCUT2D eigenvalue weighted by atomic mass is 9.93. The van der Waals surface area contributed by atoms with Crippen LogP contribution in [0.25, 0.3) is 11.1 Å². The van der Waals surface area contributed by atoms with Crippen molar-refractivity contribution in [3.8, 4) is 11.1 Å². The summed E-state index contributed by atoms with van der Waals surface area (Å²) in [6.45, 7) is 1.52. The minimum Gasteiger partial charge on any atom is -0.368 e. The van der Waals surface area contributed by atoms with Crippen molar-refractivity contribution in [1.29, 1.82) is 0 Å². The van der Waals surface area contributed by atoms with Gasteiger partial charge in [0, 0.05) is 29.9 Å². The van der Waals surface area contributed by atoms with Crippen LogP contribution in [0.15, 0.2) is 30.5 Å². The number of nitrogens with one attached hydrogen (secondary N) is 2. The minimum absolute atomic E-state index is 0.110. The highest BCUT2D eigenvalue weighted by Gasteiger charge is 2.35. The molecule has 1 aromatic heterocycles. The van der Waals surface area contributed by atoms with Crippen molar-refractivity contribution < 1.29 is 4.79 Å². The molecule has 0 bridgehead atoms. The summed E-state index contributed by atoms with van der Waals surface area (Å²) < 4.78 is 0. The average molecular weight is 387 g/mol. The smallest absolute Gasteiger partial charge is 0.241 e. The van der Waals surface area contributed by atoms with Crippen molar-refractivity contribution in [1.82, 2.24) is 25.7 Å². The van der Waals surface area contributed by atoms with Gasteiger partial charge in [-0.25, -0.2) is 15.4 Å². The van der Waals surface area contributed by atoms with Crippen LogP contribution in [0.5, 0.6) is 0 Å². The van der Waals surface area contributed by atoms with Gasteiger partial charge in [-0.1, -0.05) is 23.7 Å². The molecule has 0 aliphatic carbocycles. The molecule has 8 heteroatoms. The Labute approximate surface area is 163 Å². The summed E-state index contributed by atoms with van der Waals surface area (Å²) in [6.07, 6.45) is 5.42. The summed E-state index contributed by atoms with van der Waals surface area (Å²) >= 11 is 6.18. The number of rotatable bonds is 3. The number of amides is 1. The van der Waals surface area contributed by atoms with Crippen molar-refractivity contribution in [2.24, 2.45) is 0 Å². The normalized spacial score (nSPS) is 22.8. The molecule has 27 heavy (non-hydrogen) atoms. The maximum Gasteiger partial charge on any atom is 0.241 e. The number of piperidine rings is 1. The van der Waals surface area contributed by atoms with Gasteiger partial charge < -0.3 is 10.6 Å². The first-order chi connectivity index (χ1) is 13.1. The highest BCUT2D eigenvalue weighted by atomic mass is 35.5. The Bertz CT molecular complexity index is 839. The second-order valence-electron chi connectivity index (χ2n) is 6.99. The van der Waals surface area contributed by atoms with E-state index in [0.29, 0.717) is 5.02 Å². The van der Waals surface area contributed by atoms with Gasteiger partial charge in [-0.3, -0.25) is 10.2 Å². The van der Waals surface area contributed by atoms with E-state index >= 15 is 0 Å². The van der Waals surface area contributed by atoms with Crippen molar-refractivity contribution in [2.75, 3.05) is 18.8 Å². The molecule has 4 N–H and O–H groups in total. The fourth-order valence-electron chi connectivity index (χ4n) is 3.89. The molecular formula is C19H23ClN6O. The maximum atomic E-state index is 13.1. The summed E-state index contributed by atoms with van der Waals surface area (Å²) in [4.78, 5) is 23.8. The van der Waals surface area contributed by atoms with Crippen molar-refractivity contribution in [3.05, 3.63) is 41.2 Å². The summed E-state index contributed by atoms with van der Waals surface area (Å²) in [5.74, 6) is 0.327. The topological polar surface area (TPSA) is 96.2 Å². The van der Waals surface area contributed by atoms with Gasteiger partial charge in [-0.05, 0) is 43.4 Å². The van der Waals surface area contributed by atoms with E-state index in [9.17, 15) is 4.79 Å². The maximum absolute atomic E-state index is 13.1. The molecule has 1 aromatic carbocycles. The highest BCUT2D eigenvalue weighted by molar-refractivity contribution is 6.30. The summed E-state index contributed by atoms with van der Waals surface area (Å²) in [6, 6.07) is 7.28. The molecule has 7 nitrogen and oxygen atoms in total. The molecule has 2 aliphatic rings. The number of halogens is 1. The lowest BCUT2D eigenvalue weighted by Crippen LogP contribution is -2.48. The first-order valence-electron chi connectivity index (χ1n) is 9.30. The number of nitrogens with two attached hydrogens (primary N) is 1. The first kappa shape index (κ1) is 18.2. The van der Waals surface area contributed by atoms with Gasteiger partial charge in [0.15, 0.2) is 0 Å². The fourth-order valence-corrected chi connectivity index (χ4v) is 4.08. The zero-order valence-electron chi connectivity index (χ0n) is 15.0. The second-order valence-corrected chi connectivity index (χ2v) is 7.43. The van der Waals surface area contributed by atoms with Crippen LogP contribution < -0.4 is 16.6 Å². The third-order valence-electron chi connectivity index (χ3n) is 5.21. The molecule has 2 saturated heterocycles. The predicted molar refractivity (Wildman–Crippen MR) is 105 cm³/mol. The van der Waals surface area contributed by atoms with Crippen LogP contribution in [0, 0.1) is 0 Å². The Kier molecular flexibility index (Phi) is 5.24. The number of carbonyl (C=O) groups excluding carboxylic acids is 1. The summed E-state index contributed by atoms with van der Waals surface area (Å²) in [7, 11) is 0. The van der Waals surface area contributed by atoms with Crippen LogP contribution in [0.1, 0.15) is 37.4 Å². The quantitative estimate of drug-likeness (QED) is 0.749. The van der Waals surface area contributed by atoms with E-state index in [2.05, 4.69) is 20.8 Å². The van der Waals surface area contributed by atoms with Gasteiger partial charge >= 0.3 is 0 Å². The number of hydrazine groups is 1. The molecule has 1 amide bonds. The zero-order chi connectivity index (χ0) is 18.8. The summed E-state index contributed by atoms with van der Waals surface area (Å²) in [5.41, 5.74) is 14.6. The average Bonchev–Trinajstić information content (AvgIpc) is 3.22. The van der Waals surface area contributed by atoms with E-state index in [1.807, 2.05) is 29.2 Å². The number of nitrogen functional groups attached to an aromatic ring is 1. The van der Waals surface area contributed by atoms with E-state index in [1.165, 1.54) is 0 Å². The molecule has 3 heterocycles. The van der Waals surface area contributed by atoms with Crippen LogP contribution in [0.2, 0.25) is 5.02 Å². The Morgan fingerprint density at radius 3 is 2.96 bits per heavy atom. The Balaban J connectivity index is 1.73. The molecule has 142 valence electrons. The van der Waals surface area contributed by atoms with E-state index < -0.39 is 0 Å². The fraction of sp³-hybridized carbons (Fsp3) is 0.421. The van der Waals surface area contributed by atoms with Crippen molar-refractivity contribution >= 4 is 23.5 Å². The minimum atomic E-state index is -0.195. The van der Waals surface area contributed by atoms with Crippen LogP contribution in [0.4, 0.5) is 5.95 Å². The number of hydrogen-bond donors (Lipinski definition) is 3. The molecule has 2 unspecified atom stereocenters. The first-order valence-corrected chi connectivity index (χ1v) is 9.68. The number of nitrogens with zero attached hydrogens (tertiary/aromatic N) is 3. The number of likely N-dealkylation sites (tertiary alicyclic amines) is 1.